The number of nitrogens with zero attached hydrogens (tertiary/aromatic N) is 2. The molecule has 5 rings (SSSR count). The molecule has 2 N–H and O–H groups in total. The maximum absolute atomic E-state index is 15.8. The second-order valence-corrected chi connectivity index (χ2v) is 11.4. The molecule has 5 nitrogen and oxygen atoms in total. The Labute approximate surface area is 216 Å². The number of nitrogens with one attached hydrogen (secondary N) is 1. The highest BCUT2D eigenvalue weighted by Gasteiger charge is 2.47. The summed E-state index contributed by atoms with van der Waals surface area (Å²) in [4.78, 5) is 7.30. The summed E-state index contributed by atoms with van der Waals surface area (Å²) in [6.07, 6.45) is -0.296. The van der Waals surface area contributed by atoms with Crippen molar-refractivity contribution in [3.63, 3.8) is 0 Å². The summed E-state index contributed by atoms with van der Waals surface area (Å²) >= 11 is 0. The summed E-state index contributed by atoms with van der Waals surface area (Å²) in [6.45, 7) is 9.68. The van der Waals surface area contributed by atoms with Gasteiger partial charge in [0.2, 0.25) is 0 Å². The van der Waals surface area contributed by atoms with Crippen LogP contribution in [-0.4, -0.2) is 64.6 Å². The third-order valence-electron chi connectivity index (χ3n) is 7.84. The third kappa shape index (κ3) is 4.75. The van der Waals surface area contributed by atoms with Gasteiger partial charge < -0.3 is 14.8 Å². The lowest BCUT2D eigenvalue weighted by Gasteiger charge is -2.51. The van der Waals surface area contributed by atoms with Gasteiger partial charge in [0.05, 0.1) is 12.7 Å². The van der Waals surface area contributed by atoms with E-state index >= 15 is 8.78 Å². The number of fused-ring (bicyclic) bond motifs is 3. The summed E-state index contributed by atoms with van der Waals surface area (Å²) in [5.41, 5.74) is 1.93. The molecular weight excluding hydrogens is 479 g/mol. The molecule has 2 aromatic carbocycles. The van der Waals surface area contributed by atoms with Gasteiger partial charge in [-0.25, -0.2) is 8.78 Å². The second kappa shape index (κ2) is 9.97. The minimum atomic E-state index is -0.918. The topological polar surface area (TPSA) is 51.7 Å². The maximum atomic E-state index is 15.8. The van der Waals surface area contributed by atoms with Gasteiger partial charge in [-0.3, -0.25) is 14.2 Å². The van der Waals surface area contributed by atoms with Crippen LogP contribution >= 0.6 is 0 Å². The molecule has 0 aliphatic carbocycles. The molecule has 2 aliphatic heterocycles. The summed E-state index contributed by atoms with van der Waals surface area (Å²) in [5.74, 6) is -1.40. The molecule has 1 aromatic heterocycles. The van der Waals surface area contributed by atoms with Crippen LogP contribution in [0.15, 0.2) is 36.4 Å². The third-order valence-corrected chi connectivity index (χ3v) is 7.84. The van der Waals surface area contributed by atoms with Crippen LogP contribution < -0.4 is 4.74 Å². The average Bonchev–Trinajstić information content (AvgIpc) is 3.16. The molecule has 0 saturated carbocycles. The van der Waals surface area contributed by atoms with Crippen molar-refractivity contribution in [2.24, 2.45) is 11.8 Å². The van der Waals surface area contributed by atoms with Gasteiger partial charge in [0, 0.05) is 65.4 Å². The van der Waals surface area contributed by atoms with E-state index in [1.807, 2.05) is 56.9 Å². The first-order valence-electron chi connectivity index (χ1n) is 13.1. The Morgan fingerprint density at radius 2 is 1.81 bits per heavy atom. The van der Waals surface area contributed by atoms with Gasteiger partial charge in [0.1, 0.15) is 30.2 Å². The van der Waals surface area contributed by atoms with Crippen molar-refractivity contribution in [1.29, 1.82) is 0 Å². The lowest BCUT2D eigenvalue weighted by atomic mass is 9.80. The Morgan fingerprint density at radius 3 is 2.46 bits per heavy atom. The normalized spacial score (nSPS) is 21.3. The number of benzene rings is 2. The predicted molar refractivity (Wildman–Crippen MR) is 138 cm³/mol. The number of aromatic nitrogens is 1. The number of para-hydroxylation sites is 1. The van der Waals surface area contributed by atoms with Crippen LogP contribution in [0.2, 0.25) is 0 Å². The summed E-state index contributed by atoms with van der Waals surface area (Å²) in [7, 11) is 0. The number of hydrogen-bond acceptors (Lipinski definition) is 4. The van der Waals surface area contributed by atoms with Crippen molar-refractivity contribution in [3.8, 4) is 5.75 Å². The molecule has 2 atom stereocenters. The molecule has 8 heteroatoms. The van der Waals surface area contributed by atoms with Crippen molar-refractivity contribution in [3.05, 3.63) is 64.9 Å². The standard InChI is InChI=1S/C29H36F3N3O2/c1-17(2)28(36)35-27(26-21(13-29(35,3)4)20-7-5-6-8-24(20)33-26)25-22(31)11-19(12-23(25)32)37-10-9-34-15-18(14-30)16-34/h5-8,11-12,17-18,27-28,33,36H,9-10,13-16H2,1-4H3. The van der Waals surface area contributed by atoms with Gasteiger partial charge in [-0.1, -0.05) is 32.0 Å². The van der Waals surface area contributed by atoms with E-state index in [4.69, 9.17) is 4.74 Å². The summed E-state index contributed by atoms with van der Waals surface area (Å²) in [5, 5.41) is 12.3. The number of rotatable bonds is 8. The Hall–Kier alpha value is -2.55. The number of likely N-dealkylation sites (tertiary alicyclic amines) is 1. The van der Waals surface area contributed by atoms with E-state index in [2.05, 4.69) is 9.88 Å². The van der Waals surface area contributed by atoms with Crippen LogP contribution in [0.25, 0.3) is 10.9 Å². The predicted octanol–water partition coefficient (Wildman–Crippen LogP) is 5.43. The summed E-state index contributed by atoms with van der Waals surface area (Å²) < 4.78 is 49.9. The van der Waals surface area contributed by atoms with Gasteiger partial charge in [-0.2, -0.15) is 0 Å². The maximum Gasteiger partial charge on any atom is 0.135 e. The first-order chi connectivity index (χ1) is 17.6. The fraction of sp³-hybridized carbons (Fsp3) is 0.517. The number of aliphatic hydroxyl groups excluding tert-OH is 1. The number of alkyl halides is 1. The molecule has 3 aromatic rings. The zero-order valence-electron chi connectivity index (χ0n) is 21.9. The van der Waals surface area contributed by atoms with Crippen molar-refractivity contribution in [2.75, 3.05) is 32.9 Å². The number of aromatic amines is 1. The molecule has 37 heavy (non-hydrogen) atoms. The van der Waals surface area contributed by atoms with E-state index in [1.165, 1.54) is 12.1 Å². The van der Waals surface area contributed by atoms with Gasteiger partial charge in [-0.15, -0.1) is 0 Å². The summed E-state index contributed by atoms with van der Waals surface area (Å²) in [6, 6.07) is 9.46. The zero-order valence-corrected chi connectivity index (χ0v) is 21.9. The molecule has 0 radical (unpaired) electrons. The molecular formula is C29H36F3N3O2. The minimum absolute atomic E-state index is 0.0765. The highest BCUT2D eigenvalue weighted by molar-refractivity contribution is 5.85. The first-order valence-corrected chi connectivity index (χ1v) is 13.1. The molecule has 2 aliphatic rings. The van der Waals surface area contributed by atoms with Gasteiger partial charge in [0.15, 0.2) is 0 Å². The van der Waals surface area contributed by atoms with Crippen LogP contribution in [0.3, 0.4) is 0 Å². The minimum Gasteiger partial charge on any atom is -0.492 e. The van der Waals surface area contributed by atoms with E-state index in [0.717, 1.165) is 16.5 Å². The second-order valence-electron chi connectivity index (χ2n) is 11.4. The molecule has 200 valence electrons. The molecule has 3 heterocycles. The van der Waals surface area contributed by atoms with Crippen molar-refractivity contribution in [1.82, 2.24) is 14.8 Å². The smallest absolute Gasteiger partial charge is 0.135 e. The molecule has 0 spiro atoms. The van der Waals surface area contributed by atoms with Crippen LogP contribution in [0.5, 0.6) is 5.75 Å². The van der Waals surface area contributed by atoms with Gasteiger partial charge in [-0.05, 0) is 37.8 Å². The van der Waals surface area contributed by atoms with E-state index in [1.54, 1.807) is 0 Å². The Kier molecular flexibility index (Phi) is 7.02. The quantitative estimate of drug-likeness (QED) is 0.420. The number of hydrogen-bond donors (Lipinski definition) is 2. The molecule has 1 fully saturated rings. The average molecular weight is 516 g/mol. The van der Waals surface area contributed by atoms with Crippen molar-refractivity contribution < 1.29 is 23.0 Å². The van der Waals surface area contributed by atoms with Gasteiger partial charge in [0.25, 0.3) is 0 Å². The highest BCUT2D eigenvalue weighted by Crippen LogP contribution is 2.47. The van der Waals surface area contributed by atoms with E-state index in [9.17, 15) is 9.50 Å². The number of H-pyrrole nitrogens is 1. The van der Waals surface area contributed by atoms with E-state index in [0.29, 0.717) is 31.7 Å². The van der Waals surface area contributed by atoms with Crippen molar-refractivity contribution >= 4 is 10.9 Å². The number of halogens is 3. The Balaban J connectivity index is 1.51. The van der Waals surface area contributed by atoms with Gasteiger partial charge >= 0.3 is 0 Å². The SMILES string of the molecule is CC(C)C(O)N1C(c2c(F)cc(OCCN3CC(CF)C3)cc2F)c2[nH]c3ccccc3c2CC1(C)C. The van der Waals surface area contributed by atoms with E-state index < -0.39 is 29.4 Å². The molecule has 0 bridgehead atoms. The fourth-order valence-electron chi connectivity index (χ4n) is 5.93. The van der Waals surface area contributed by atoms with Crippen molar-refractivity contribution in [2.45, 2.75) is 51.9 Å². The monoisotopic (exact) mass is 515 g/mol. The Bertz CT molecular complexity index is 1250. The zero-order chi connectivity index (χ0) is 26.5. The Morgan fingerprint density at radius 1 is 1.14 bits per heavy atom. The molecule has 0 amide bonds. The number of ether oxygens (including phenoxy) is 1. The highest BCUT2D eigenvalue weighted by atomic mass is 19.1. The number of aliphatic hydroxyl groups is 1. The molecule has 1 saturated heterocycles. The van der Waals surface area contributed by atoms with Crippen LogP contribution in [0, 0.1) is 23.5 Å². The fourth-order valence-corrected chi connectivity index (χ4v) is 5.93. The van der Waals surface area contributed by atoms with Crippen LogP contribution in [0.4, 0.5) is 13.2 Å². The van der Waals surface area contributed by atoms with E-state index in [-0.39, 0.29) is 36.4 Å². The first kappa shape index (κ1) is 26.1. The molecule has 2 unspecified atom stereocenters. The lowest BCUT2D eigenvalue weighted by molar-refractivity contribution is -0.108. The van der Waals surface area contributed by atoms with Crippen LogP contribution in [0.1, 0.15) is 50.6 Å². The van der Waals surface area contributed by atoms with Crippen LogP contribution in [-0.2, 0) is 6.42 Å². The largest absolute Gasteiger partial charge is 0.492 e. The lowest BCUT2D eigenvalue weighted by Crippen LogP contribution is -2.57.